The lowest BCUT2D eigenvalue weighted by Gasteiger charge is -2.18. The van der Waals surface area contributed by atoms with Gasteiger partial charge in [0.25, 0.3) is 5.91 Å². The SMILES string of the molecule is COc1ccccc1CCN(C)C(=O)c1ccncc1. The average molecular weight is 270 g/mol. The number of rotatable bonds is 5. The molecule has 0 saturated carbocycles. The molecule has 0 spiro atoms. The van der Waals surface area contributed by atoms with Crippen LogP contribution in [0.2, 0.25) is 0 Å². The smallest absolute Gasteiger partial charge is 0.253 e. The van der Waals surface area contributed by atoms with E-state index >= 15 is 0 Å². The summed E-state index contributed by atoms with van der Waals surface area (Å²) < 4.78 is 5.31. The number of ether oxygens (including phenoxy) is 1. The maximum Gasteiger partial charge on any atom is 0.253 e. The predicted molar refractivity (Wildman–Crippen MR) is 77.9 cm³/mol. The number of pyridine rings is 1. The summed E-state index contributed by atoms with van der Waals surface area (Å²) in [5, 5.41) is 0. The highest BCUT2D eigenvalue weighted by molar-refractivity contribution is 5.93. The number of carbonyl (C=O) groups is 1. The molecule has 104 valence electrons. The van der Waals surface area contributed by atoms with Crippen LogP contribution in [0.15, 0.2) is 48.8 Å². The first-order valence-corrected chi connectivity index (χ1v) is 6.49. The van der Waals surface area contributed by atoms with Crippen LogP contribution in [0.4, 0.5) is 0 Å². The van der Waals surface area contributed by atoms with Gasteiger partial charge in [-0.3, -0.25) is 9.78 Å². The minimum absolute atomic E-state index is 0.00213. The lowest BCUT2D eigenvalue weighted by Crippen LogP contribution is -2.28. The number of aromatic nitrogens is 1. The minimum atomic E-state index is 0.00213. The second kappa shape index (κ2) is 6.70. The van der Waals surface area contributed by atoms with Crippen molar-refractivity contribution >= 4 is 5.91 Å². The highest BCUT2D eigenvalue weighted by Gasteiger charge is 2.12. The molecule has 0 saturated heterocycles. The highest BCUT2D eigenvalue weighted by atomic mass is 16.5. The molecule has 0 N–H and O–H groups in total. The molecule has 0 aliphatic rings. The number of carbonyl (C=O) groups excluding carboxylic acids is 1. The number of hydrogen-bond donors (Lipinski definition) is 0. The first-order chi connectivity index (χ1) is 9.72. The first-order valence-electron chi connectivity index (χ1n) is 6.49. The van der Waals surface area contributed by atoms with Crippen LogP contribution in [0.25, 0.3) is 0 Å². The third kappa shape index (κ3) is 3.35. The Labute approximate surface area is 119 Å². The Morgan fingerprint density at radius 1 is 1.20 bits per heavy atom. The van der Waals surface area contributed by atoms with E-state index in [-0.39, 0.29) is 5.91 Å². The van der Waals surface area contributed by atoms with Crippen molar-refractivity contribution in [1.82, 2.24) is 9.88 Å². The zero-order chi connectivity index (χ0) is 14.4. The highest BCUT2D eigenvalue weighted by Crippen LogP contribution is 2.18. The van der Waals surface area contributed by atoms with Gasteiger partial charge in [-0.1, -0.05) is 18.2 Å². The normalized spacial score (nSPS) is 10.1. The Kier molecular flexibility index (Phi) is 4.71. The first kappa shape index (κ1) is 14.1. The zero-order valence-electron chi connectivity index (χ0n) is 11.7. The summed E-state index contributed by atoms with van der Waals surface area (Å²) in [6.45, 7) is 0.640. The quantitative estimate of drug-likeness (QED) is 0.838. The lowest BCUT2D eigenvalue weighted by atomic mass is 10.1. The van der Waals surface area contributed by atoms with Crippen LogP contribution in [0.3, 0.4) is 0 Å². The second-order valence-corrected chi connectivity index (χ2v) is 4.52. The molecule has 0 fully saturated rings. The monoisotopic (exact) mass is 270 g/mol. The molecule has 0 aliphatic heterocycles. The number of benzene rings is 1. The third-order valence-corrected chi connectivity index (χ3v) is 3.18. The molecule has 4 nitrogen and oxygen atoms in total. The molecular formula is C16H18N2O2. The Morgan fingerprint density at radius 3 is 2.60 bits per heavy atom. The molecule has 1 aromatic heterocycles. The number of likely N-dealkylation sites (N-methyl/N-ethyl adjacent to an activating group) is 1. The summed E-state index contributed by atoms with van der Waals surface area (Å²) in [5.74, 6) is 0.861. The molecule has 0 unspecified atom stereocenters. The molecule has 0 bridgehead atoms. The standard InChI is InChI=1S/C16H18N2O2/c1-18(16(19)14-7-10-17-11-8-14)12-9-13-5-3-4-6-15(13)20-2/h3-8,10-11H,9,12H2,1-2H3. The molecule has 4 heteroatoms. The fourth-order valence-electron chi connectivity index (χ4n) is 2.01. The minimum Gasteiger partial charge on any atom is -0.496 e. The van der Waals surface area contributed by atoms with Crippen LogP contribution in [0.1, 0.15) is 15.9 Å². The van der Waals surface area contributed by atoms with Gasteiger partial charge >= 0.3 is 0 Å². The van der Waals surface area contributed by atoms with E-state index in [0.29, 0.717) is 12.1 Å². The molecule has 0 aliphatic carbocycles. The van der Waals surface area contributed by atoms with Crippen molar-refractivity contribution < 1.29 is 9.53 Å². The Hall–Kier alpha value is -2.36. The van der Waals surface area contributed by atoms with E-state index in [1.54, 1.807) is 43.6 Å². The maximum atomic E-state index is 12.2. The van der Waals surface area contributed by atoms with Gasteiger partial charge in [0, 0.05) is 31.5 Å². The molecule has 20 heavy (non-hydrogen) atoms. The third-order valence-electron chi connectivity index (χ3n) is 3.18. The van der Waals surface area contributed by atoms with Gasteiger partial charge in [-0.2, -0.15) is 0 Å². The van der Waals surface area contributed by atoms with Gasteiger partial charge < -0.3 is 9.64 Å². The van der Waals surface area contributed by atoms with E-state index in [0.717, 1.165) is 17.7 Å². The zero-order valence-corrected chi connectivity index (χ0v) is 11.7. The average Bonchev–Trinajstić information content (AvgIpc) is 2.53. The summed E-state index contributed by atoms with van der Waals surface area (Å²) in [4.78, 5) is 17.8. The van der Waals surface area contributed by atoms with Crippen molar-refractivity contribution in [3.05, 3.63) is 59.9 Å². The molecule has 1 aromatic carbocycles. The number of amides is 1. The van der Waals surface area contributed by atoms with Crippen molar-refractivity contribution in [2.45, 2.75) is 6.42 Å². The van der Waals surface area contributed by atoms with Gasteiger partial charge in [-0.25, -0.2) is 0 Å². The van der Waals surface area contributed by atoms with Crippen molar-refractivity contribution in [2.24, 2.45) is 0 Å². The maximum absolute atomic E-state index is 12.2. The summed E-state index contributed by atoms with van der Waals surface area (Å²) in [6.07, 6.45) is 4.01. The molecule has 1 heterocycles. The van der Waals surface area contributed by atoms with Crippen LogP contribution in [-0.2, 0) is 6.42 Å². The molecule has 0 atom stereocenters. The second-order valence-electron chi connectivity index (χ2n) is 4.52. The molecule has 0 radical (unpaired) electrons. The topological polar surface area (TPSA) is 42.4 Å². The van der Waals surface area contributed by atoms with Crippen molar-refractivity contribution in [2.75, 3.05) is 20.7 Å². The van der Waals surface area contributed by atoms with Crippen LogP contribution in [0.5, 0.6) is 5.75 Å². The van der Waals surface area contributed by atoms with E-state index in [9.17, 15) is 4.79 Å². The fraction of sp³-hybridized carbons (Fsp3) is 0.250. The van der Waals surface area contributed by atoms with Crippen LogP contribution < -0.4 is 4.74 Å². The van der Waals surface area contributed by atoms with Gasteiger partial charge in [0.15, 0.2) is 0 Å². The number of nitrogens with zero attached hydrogens (tertiary/aromatic N) is 2. The van der Waals surface area contributed by atoms with Crippen LogP contribution in [0, 0.1) is 0 Å². The van der Waals surface area contributed by atoms with Gasteiger partial charge in [-0.05, 0) is 30.2 Å². The lowest BCUT2D eigenvalue weighted by molar-refractivity contribution is 0.0796. The molecular weight excluding hydrogens is 252 g/mol. The van der Waals surface area contributed by atoms with E-state index in [4.69, 9.17) is 4.74 Å². The van der Waals surface area contributed by atoms with Crippen molar-refractivity contribution in [3.8, 4) is 5.75 Å². The number of hydrogen-bond acceptors (Lipinski definition) is 3. The number of para-hydroxylation sites is 1. The van der Waals surface area contributed by atoms with Crippen LogP contribution in [-0.4, -0.2) is 36.5 Å². The summed E-state index contributed by atoms with van der Waals surface area (Å²) in [5.41, 5.74) is 1.76. The summed E-state index contributed by atoms with van der Waals surface area (Å²) >= 11 is 0. The van der Waals surface area contributed by atoms with Gasteiger partial charge in [0.05, 0.1) is 7.11 Å². The van der Waals surface area contributed by atoms with Crippen molar-refractivity contribution in [3.63, 3.8) is 0 Å². The summed E-state index contributed by atoms with van der Waals surface area (Å²) in [6, 6.07) is 11.3. The fourth-order valence-corrected chi connectivity index (χ4v) is 2.01. The summed E-state index contributed by atoms with van der Waals surface area (Å²) in [7, 11) is 3.46. The predicted octanol–water partition coefficient (Wildman–Crippen LogP) is 2.40. The van der Waals surface area contributed by atoms with E-state index in [1.165, 1.54) is 0 Å². The molecule has 1 amide bonds. The van der Waals surface area contributed by atoms with E-state index in [1.807, 2.05) is 24.3 Å². The molecule has 2 rings (SSSR count). The van der Waals surface area contributed by atoms with Gasteiger partial charge in [-0.15, -0.1) is 0 Å². The van der Waals surface area contributed by atoms with Gasteiger partial charge in [0.1, 0.15) is 5.75 Å². The number of methoxy groups -OCH3 is 1. The molecule has 2 aromatic rings. The van der Waals surface area contributed by atoms with E-state index in [2.05, 4.69) is 4.98 Å². The largest absolute Gasteiger partial charge is 0.496 e. The Bertz CT molecular complexity index is 570. The van der Waals surface area contributed by atoms with Crippen LogP contribution >= 0.6 is 0 Å². The van der Waals surface area contributed by atoms with Crippen molar-refractivity contribution in [1.29, 1.82) is 0 Å². The Morgan fingerprint density at radius 2 is 1.90 bits per heavy atom. The van der Waals surface area contributed by atoms with E-state index < -0.39 is 0 Å². The Balaban J connectivity index is 1.98. The van der Waals surface area contributed by atoms with Gasteiger partial charge in [0.2, 0.25) is 0 Å².